The summed E-state index contributed by atoms with van der Waals surface area (Å²) in [5.74, 6) is 0.470. The van der Waals surface area contributed by atoms with Crippen molar-refractivity contribution in [2.24, 2.45) is 11.3 Å². The number of benzene rings is 4. The van der Waals surface area contributed by atoms with Gasteiger partial charge in [0.25, 0.3) is 0 Å². The van der Waals surface area contributed by atoms with Crippen LogP contribution in [0.5, 0.6) is 11.5 Å². The molecule has 36 heavy (non-hydrogen) atoms. The van der Waals surface area contributed by atoms with Gasteiger partial charge in [0.05, 0.1) is 17.0 Å². The van der Waals surface area contributed by atoms with Gasteiger partial charge in [-0.25, -0.2) is 4.90 Å². The van der Waals surface area contributed by atoms with E-state index in [-0.39, 0.29) is 23.7 Å². The first-order valence-corrected chi connectivity index (χ1v) is 12.4. The van der Waals surface area contributed by atoms with E-state index in [1.54, 1.807) is 0 Å². The fourth-order valence-electron chi connectivity index (χ4n) is 6.84. The molecular weight excluding hydrogens is 446 g/mol. The molecule has 176 valence electrons. The second-order valence-corrected chi connectivity index (χ2v) is 10.3. The summed E-state index contributed by atoms with van der Waals surface area (Å²) >= 11 is 0. The lowest BCUT2D eigenvalue weighted by Gasteiger charge is -2.51. The Morgan fingerprint density at radius 2 is 1.33 bits per heavy atom. The minimum atomic E-state index is -0.832. The molecule has 0 aromatic heterocycles. The topological polar surface area (TPSA) is 46.6 Å². The molecule has 3 aliphatic carbocycles. The number of anilines is 1. The van der Waals surface area contributed by atoms with E-state index >= 15 is 0 Å². The molecule has 1 fully saturated rings. The molecular formula is C32H25NO3. The number of carbonyl (C=O) groups is 2. The number of carbonyl (C=O) groups excluding carboxylic acids is 2. The van der Waals surface area contributed by atoms with Crippen molar-refractivity contribution in [3.63, 3.8) is 0 Å². The van der Waals surface area contributed by atoms with E-state index < -0.39 is 11.3 Å². The Hall–Kier alpha value is -4.18. The fourth-order valence-corrected chi connectivity index (χ4v) is 6.84. The average Bonchev–Trinajstić information content (AvgIpc) is 3.10. The summed E-state index contributed by atoms with van der Waals surface area (Å²) in [4.78, 5) is 29.6. The molecule has 2 bridgehead atoms. The number of imide groups is 1. The van der Waals surface area contributed by atoms with E-state index in [0.717, 1.165) is 11.3 Å². The van der Waals surface area contributed by atoms with Crippen molar-refractivity contribution >= 4 is 17.5 Å². The highest BCUT2D eigenvalue weighted by Crippen LogP contribution is 2.67. The van der Waals surface area contributed by atoms with Crippen molar-refractivity contribution in [3.8, 4) is 11.5 Å². The van der Waals surface area contributed by atoms with Crippen molar-refractivity contribution in [2.75, 3.05) is 4.90 Å². The summed E-state index contributed by atoms with van der Waals surface area (Å²) in [5, 5.41) is 0. The van der Waals surface area contributed by atoms with Crippen LogP contribution in [-0.2, 0) is 9.59 Å². The van der Waals surface area contributed by atoms with Gasteiger partial charge in [0, 0.05) is 11.8 Å². The molecule has 0 unspecified atom stereocenters. The lowest BCUT2D eigenvalue weighted by atomic mass is 9.48. The third kappa shape index (κ3) is 2.70. The maximum Gasteiger partial charge on any atom is 0.241 e. The molecule has 4 aromatic carbocycles. The predicted molar refractivity (Wildman–Crippen MR) is 138 cm³/mol. The third-order valence-electron chi connectivity index (χ3n) is 8.33. The molecule has 2 amide bonds. The lowest BCUT2D eigenvalue weighted by Crippen LogP contribution is -2.49. The van der Waals surface area contributed by atoms with Crippen LogP contribution < -0.4 is 9.64 Å². The van der Waals surface area contributed by atoms with Crippen molar-refractivity contribution in [1.82, 2.24) is 0 Å². The Balaban J connectivity index is 1.29. The number of rotatable bonds is 3. The van der Waals surface area contributed by atoms with Gasteiger partial charge < -0.3 is 4.74 Å². The monoisotopic (exact) mass is 471 g/mol. The molecule has 0 N–H and O–H groups in total. The molecule has 1 saturated heterocycles. The number of nitrogens with zero attached hydrogens (tertiary/aromatic N) is 1. The predicted octanol–water partition coefficient (Wildman–Crippen LogP) is 6.57. The number of aryl methyl sites for hydroxylation is 1. The van der Waals surface area contributed by atoms with Crippen LogP contribution >= 0.6 is 0 Å². The summed E-state index contributed by atoms with van der Waals surface area (Å²) in [6.07, 6.45) is 0. The number of hydrogen-bond acceptors (Lipinski definition) is 3. The molecule has 1 aliphatic heterocycles. The van der Waals surface area contributed by atoms with Gasteiger partial charge in [0.2, 0.25) is 11.8 Å². The average molecular weight is 472 g/mol. The Morgan fingerprint density at radius 3 is 1.94 bits per heavy atom. The van der Waals surface area contributed by atoms with Crippen LogP contribution in [0.1, 0.15) is 46.6 Å². The standard InChI is InChI=1S/C32H25NO3/c1-19-8-7-9-22(18-19)36-21-16-14-20(15-17-21)33-30(34)29-27-23-10-3-5-12-25(23)28(32(29,2)31(33)35)26-13-6-4-11-24(26)27/h3-18,27-29H,1-2H3/t27?,28?,29-,32+/m1/s1. The van der Waals surface area contributed by atoms with E-state index in [9.17, 15) is 9.59 Å². The van der Waals surface area contributed by atoms with Gasteiger partial charge in [-0.3, -0.25) is 9.59 Å². The zero-order chi connectivity index (χ0) is 24.6. The second-order valence-electron chi connectivity index (χ2n) is 10.3. The summed E-state index contributed by atoms with van der Waals surface area (Å²) in [5.41, 5.74) is 5.56. The summed E-state index contributed by atoms with van der Waals surface area (Å²) in [6.45, 7) is 4.01. The van der Waals surface area contributed by atoms with Crippen LogP contribution in [0.3, 0.4) is 0 Å². The minimum Gasteiger partial charge on any atom is -0.457 e. The van der Waals surface area contributed by atoms with Crippen molar-refractivity contribution in [3.05, 3.63) is 125 Å². The highest BCUT2D eigenvalue weighted by Gasteiger charge is 2.68. The first-order chi connectivity index (χ1) is 17.5. The summed E-state index contributed by atoms with van der Waals surface area (Å²) in [6, 6.07) is 31.7. The Morgan fingerprint density at radius 1 is 0.722 bits per heavy atom. The minimum absolute atomic E-state index is 0.117. The fraction of sp³-hybridized carbons (Fsp3) is 0.188. The first-order valence-electron chi connectivity index (χ1n) is 12.4. The van der Waals surface area contributed by atoms with E-state index in [4.69, 9.17) is 4.74 Å². The van der Waals surface area contributed by atoms with Gasteiger partial charge in [0.1, 0.15) is 11.5 Å². The van der Waals surface area contributed by atoms with Gasteiger partial charge in [-0.1, -0.05) is 60.7 Å². The molecule has 4 aromatic rings. The van der Waals surface area contributed by atoms with Crippen LogP contribution in [0.25, 0.3) is 0 Å². The van der Waals surface area contributed by atoms with Crippen LogP contribution in [0.15, 0.2) is 97.1 Å². The number of amides is 2. The smallest absolute Gasteiger partial charge is 0.241 e. The molecule has 0 spiro atoms. The first kappa shape index (κ1) is 21.1. The maximum atomic E-state index is 14.2. The highest BCUT2D eigenvalue weighted by atomic mass is 16.5. The molecule has 4 heteroatoms. The van der Waals surface area contributed by atoms with Gasteiger partial charge in [0.15, 0.2) is 0 Å². The zero-order valence-corrected chi connectivity index (χ0v) is 20.1. The molecule has 4 nitrogen and oxygen atoms in total. The molecule has 8 rings (SSSR count). The Labute approximate surface area is 210 Å². The van der Waals surface area contributed by atoms with Crippen LogP contribution in [-0.4, -0.2) is 11.8 Å². The van der Waals surface area contributed by atoms with Crippen LogP contribution in [0.4, 0.5) is 5.69 Å². The highest BCUT2D eigenvalue weighted by molar-refractivity contribution is 6.25. The van der Waals surface area contributed by atoms with Crippen molar-refractivity contribution in [1.29, 1.82) is 0 Å². The Kier molecular flexibility index (Phi) is 4.35. The van der Waals surface area contributed by atoms with Gasteiger partial charge in [-0.15, -0.1) is 0 Å². The molecule has 0 radical (unpaired) electrons. The summed E-state index contributed by atoms with van der Waals surface area (Å²) in [7, 11) is 0. The van der Waals surface area contributed by atoms with Gasteiger partial charge in [-0.05, 0) is 78.1 Å². The Bertz CT molecular complexity index is 1510. The SMILES string of the molecule is Cc1cccc(Oc2ccc(N3C(=O)[C@H]4C5c6ccccc6C(c6ccccc65)[C@]4(C)C3=O)cc2)c1. The van der Waals surface area contributed by atoms with E-state index in [2.05, 4.69) is 24.3 Å². The number of hydrogen-bond donors (Lipinski definition) is 0. The quantitative estimate of drug-likeness (QED) is 0.317. The third-order valence-corrected chi connectivity index (χ3v) is 8.33. The van der Waals surface area contributed by atoms with Gasteiger partial charge >= 0.3 is 0 Å². The lowest BCUT2D eigenvalue weighted by molar-refractivity contribution is -0.128. The van der Waals surface area contributed by atoms with Crippen LogP contribution in [0.2, 0.25) is 0 Å². The van der Waals surface area contributed by atoms with Crippen LogP contribution in [0, 0.1) is 18.3 Å². The normalized spacial score (nSPS) is 25.4. The molecule has 1 heterocycles. The number of ether oxygens (including phenoxy) is 1. The molecule has 0 saturated carbocycles. The van der Waals surface area contributed by atoms with E-state index in [1.807, 2.05) is 86.6 Å². The van der Waals surface area contributed by atoms with E-state index in [0.29, 0.717) is 11.4 Å². The maximum absolute atomic E-state index is 14.2. The second kappa shape index (κ2) is 7.41. The largest absolute Gasteiger partial charge is 0.457 e. The van der Waals surface area contributed by atoms with Gasteiger partial charge in [-0.2, -0.15) is 0 Å². The molecule has 4 aliphatic rings. The van der Waals surface area contributed by atoms with Crippen molar-refractivity contribution < 1.29 is 14.3 Å². The van der Waals surface area contributed by atoms with E-state index in [1.165, 1.54) is 27.2 Å². The zero-order valence-electron chi connectivity index (χ0n) is 20.1. The summed E-state index contributed by atoms with van der Waals surface area (Å²) < 4.78 is 5.99. The van der Waals surface area contributed by atoms with Crippen molar-refractivity contribution in [2.45, 2.75) is 25.7 Å². The molecule has 2 atom stereocenters.